The van der Waals surface area contributed by atoms with Gasteiger partial charge in [-0.3, -0.25) is 9.27 Å². The van der Waals surface area contributed by atoms with E-state index >= 15 is 0 Å². The summed E-state index contributed by atoms with van der Waals surface area (Å²) in [6, 6.07) is 0. The van der Waals surface area contributed by atoms with Crippen LogP contribution in [0.1, 0.15) is 0 Å². The largest absolute Gasteiger partial charge is 0.357 e. The molecule has 1 heterocycles. The molecule has 0 amide bonds. The van der Waals surface area contributed by atoms with Crippen LogP contribution in [0.5, 0.6) is 0 Å². The number of anilines is 1. The van der Waals surface area contributed by atoms with E-state index in [2.05, 4.69) is 9.97 Å². The molecule has 1 rings (SSSR count). The summed E-state index contributed by atoms with van der Waals surface area (Å²) in [6.07, 6.45) is 0.794. The molecule has 0 radical (unpaired) electrons. The topological polar surface area (TPSA) is 92.2 Å². The first-order valence-corrected chi connectivity index (χ1v) is 4.14. The third kappa shape index (κ3) is 2.76. The van der Waals surface area contributed by atoms with Gasteiger partial charge in [0.15, 0.2) is 0 Å². The van der Waals surface area contributed by atoms with Crippen LogP contribution in [0.3, 0.4) is 0 Å². The molecule has 1 aromatic rings. The fourth-order valence-corrected chi connectivity index (χ4v) is 0.917. The van der Waals surface area contributed by atoms with Gasteiger partial charge in [0.2, 0.25) is 0 Å². The maximum absolute atomic E-state index is 12.1. The summed E-state index contributed by atoms with van der Waals surface area (Å²) in [5, 5.41) is 0. The van der Waals surface area contributed by atoms with Crippen LogP contribution in [-0.4, -0.2) is 22.9 Å². The van der Waals surface area contributed by atoms with Crippen LogP contribution in [0, 0.1) is 6.08 Å². The number of nitrogens with zero attached hydrogens (tertiary/aromatic N) is 2. The first-order valence-electron chi connectivity index (χ1n) is 2.70. The van der Waals surface area contributed by atoms with Crippen LogP contribution >= 0.6 is 0 Å². The van der Waals surface area contributed by atoms with Gasteiger partial charge in [-0.25, -0.2) is 9.97 Å². The first-order chi connectivity index (χ1) is 5.47. The highest BCUT2D eigenvalue weighted by molar-refractivity contribution is 7.87. The van der Waals surface area contributed by atoms with Crippen molar-refractivity contribution in [3.05, 3.63) is 18.5 Å². The molecular formula is C4H4FN3O3S. The summed E-state index contributed by atoms with van der Waals surface area (Å²) in [5.74, 6) is 0. The average molecular weight is 193 g/mol. The van der Waals surface area contributed by atoms with Crippen molar-refractivity contribution in [1.82, 2.24) is 9.97 Å². The molecule has 8 heteroatoms. The molecule has 0 spiro atoms. The Bertz CT molecular complexity index is 362. The Morgan fingerprint density at radius 2 is 1.92 bits per heavy atom. The molecule has 0 aliphatic heterocycles. The molecule has 0 bridgehead atoms. The third-order valence-electron chi connectivity index (χ3n) is 0.867. The second-order valence-electron chi connectivity index (χ2n) is 1.82. The Morgan fingerprint density at radius 3 is 2.33 bits per heavy atom. The minimum absolute atomic E-state index is 0.112. The molecule has 0 aliphatic rings. The number of hydrogen-bond acceptors (Lipinski definition) is 4. The summed E-state index contributed by atoms with van der Waals surface area (Å²) >= 11 is 0. The number of nitrogens with one attached hydrogen (secondary N) is 1. The Hall–Kier alpha value is -1.28. The van der Waals surface area contributed by atoms with E-state index in [0.717, 1.165) is 12.4 Å². The van der Waals surface area contributed by atoms with Crippen LogP contribution in [0.2, 0.25) is 0 Å². The smallest absolute Gasteiger partial charge is 0.269 e. The van der Waals surface area contributed by atoms with Crippen LogP contribution < -0.4 is 4.72 Å². The van der Waals surface area contributed by atoms with Crippen molar-refractivity contribution < 1.29 is 17.4 Å². The number of hydrogen-bond donors (Lipinski definition) is 2. The van der Waals surface area contributed by atoms with Gasteiger partial charge in [-0.05, 0) is 0 Å². The van der Waals surface area contributed by atoms with Crippen LogP contribution in [0.15, 0.2) is 12.4 Å². The van der Waals surface area contributed by atoms with Gasteiger partial charge in [0.05, 0.1) is 18.1 Å². The normalized spacial score (nSPS) is 11.2. The first kappa shape index (κ1) is 8.81. The van der Waals surface area contributed by atoms with E-state index in [1.54, 1.807) is 4.72 Å². The molecular weight excluding hydrogens is 189 g/mol. The molecule has 1 aromatic heterocycles. The minimum Gasteiger partial charge on any atom is -0.269 e. The standard InChI is InChI=1S/C4H4FN3O3S/c5-4-6-1-3(2-7-4)8-12(9,10)11/h1-2,8H,(H,9,10,11). The van der Waals surface area contributed by atoms with Gasteiger partial charge in [-0.2, -0.15) is 12.8 Å². The highest BCUT2D eigenvalue weighted by Gasteiger charge is 2.03. The van der Waals surface area contributed by atoms with E-state index in [-0.39, 0.29) is 5.69 Å². The predicted octanol–water partition coefficient (Wildman–Crippen LogP) is -0.170. The zero-order valence-corrected chi connectivity index (χ0v) is 6.42. The van der Waals surface area contributed by atoms with Crippen molar-refractivity contribution in [3.8, 4) is 0 Å². The van der Waals surface area contributed by atoms with Crippen molar-refractivity contribution >= 4 is 16.0 Å². The van der Waals surface area contributed by atoms with E-state index in [0.29, 0.717) is 0 Å². The summed E-state index contributed by atoms with van der Waals surface area (Å²) in [4.78, 5) is 6.09. The fraction of sp³-hybridized carbons (Fsp3) is 0. The third-order valence-corrected chi connectivity index (χ3v) is 1.36. The summed E-state index contributed by atoms with van der Waals surface area (Å²) < 4.78 is 42.3. The van der Waals surface area contributed by atoms with Crippen molar-refractivity contribution in [2.24, 2.45) is 0 Å². The second-order valence-corrected chi connectivity index (χ2v) is 2.97. The summed E-state index contributed by atoms with van der Waals surface area (Å²) in [5.41, 5.74) is -0.112. The van der Waals surface area contributed by atoms with Gasteiger partial charge in [-0.15, -0.1) is 0 Å². The number of halogens is 1. The van der Waals surface area contributed by atoms with Crippen molar-refractivity contribution in [2.75, 3.05) is 4.72 Å². The number of aromatic nitrogens is 2. The zero-order valence-electron chi connectivity index (χ0n) is 5.60. The molecule has 6 nitrogen and oxygen atoms in total. The molecule has 0 unspecified atom stereocenters. The molecule has 0 fully saturated rings. The summed E-state index contributed by atoms with van der Waals surface area (Å²) in [6.45, 7) is 0. The van der Waals surface area contributed by atoms with Crippen molar-refractivity contribution in [2.45, 2.75) is 0 Å². The zero-order chi connectivity index (χ0) is 9.19. The van der Waals surface area contributed by atoms with Crippen LogP contribution in [0.25, 0.3) is 0 Å². The van der Waals surface area contributed by atoms with Gasteiger partial charge >= 0.3 is 16.4 Å². The van der Waals surface area contributed by atoms with Crippen LogP contribution in [0.4, 0.5) is 10.1 Å². The van der Waals surface area contributed by atoms with Gasteiger partial charge in [0.25, 0.3) is 0 Å². The van der Waals surface area contributed by atoms with Gasteiger partial charge in [-0.1, -0.05) is 0 Å². The fourth-order valence-electron chi connectivity index (χ4n) is 0.514. The monoisotopic (exact) mass is 193 g/mol. The highest BCUT2D eigenvalue weighted by atomic mass is 32.2. The van der Waals surface area contributed by atoms with E-state index < -0.39 is 16.4 Å². The number of rotatable bonds is 2. The maximum Gasteiger partial charge on any atom is 0.357 e. The van der Waals surface area contributed by atoms with E-state index in [9.17, 15) is 12.8 Å². The highest BCUT2D eigenvalue weighted by Crippen LogP contribution is 2.03. The van der Waals surface area contributed by atoms with E-state index in [4.69, 9.17) is 4.55 Å². The summed E-state index contributed by atoms with van der Waals surface area (Å²) in [7, 11) is -4.34. The lowest BCUT2D eigenvalue weighted by molar-refractivity contribution is 0.489. The van der Waals surface area contributed by atoms with Gasteiger partial charge in [0, 0.05) is 0 Å². The molecule has 0 aromatic carbocycles. The molecule has 0 saturated carbocycles. The molecule has 0 atom stereocenters. The average Bonchev–Trinajstić information content (AvgIpc) is 1.91. The van der Waals surface area contributed by atoms with Crippen molar-refractivity contribution in [3.63, 3.8) is 0 Å². The Kier molecular flexibility index (Phi) is 2.20. The quantitative estimate of drug-likeness (QED) is 0.502. The lowest BCUT2D eigenvalue weighted by Crippen LogP contribution is -2.10. The second kappa shape index (κ2) is 2.99. The Balaban J connectivity index is 2.85. The lowest BCUT2D eigenvalue weighted by atomic mass is 10.6. The molecule has 2 N–H and O–H groups in total. The molecule has 66 valence electrons. The lowest BCUT2D eigenvalue weighted by Gasteiger charge is -1.98. The van der Waals surface area contributed by atoms with Crippen LogP contribution in [-0.2, 0) is 10.3 Å². The van der Waals surface area contributed by atoms with E-state index in [1.807, 2.05) is 0 Å². The predicted molar refractivity (Wildman–Crippen MR) is 37.2 cm³/mol. The maximum atomic E-state index is 12.1. The minimum atomic E-state index is -4.34. The van der Waals surface area contributed by atoms with Gasteiger partial charge < -0.3 is 0 Å². The SMILES string of the molecule is O=S(=O)(O)Nc1cnc(F)nc1. The Morgan fingerprint density at radius 1 is 1.42 bits per heavy atom. The Labute approximate surface area is 67.4 Å². The van der Waals surface area contributed by atoms with Crippen molar-refractivity contribution in [1.29, 1.82) is 0 Å². The molecule has 0 saturated heterocycles. The van der Waals surface area contributed by atoms with E-state index in [1.165, 1.54) is 0 Å². The molecule has 0 aliphatic carbocycles. The van der Waals surface area contributed by atoms with Gasteiger partial charge in [0.1, 0.15) is 0 Å². The molecule has 12 heavy (non-hydrogen) atoms.